The van der Waals surface area contributed by atoms with Gasteiger partial charge in [-0.1, -0.05) is 25.4 Å². The SMILES string of the molecule is Cc1c(C(=O)N2CCSc3ccc(Cl)cc32)oc2c1C(=O)CC(C)(C)C2. The number of nitrogens with zero attached hydrogens (tertiary/aromatic N) is 1. The van der Waals surface area contributed by atoms with E-state index in [1.54, 1.807) is 16.7 Å². The molecule has 0 spiro atoms. The van der Waals surface area contributed by atoms with Gasteiger partial charge in [0.15, 0.2) is 11.5 Å². The minimum absolute atomic E-state index is 0.0641. The van der Waals surface area contributed by atoms with Crippen molar-refractivity contribution in [3.05, 3.63) is 45.9 Å². The summed E-state index contributed by atoms with van der Waals surface area (Å²) in [5.41, 5.74) is 1.92. The standard InChI is InChI=1S/C20H20ClNO3S/c1-11-17-14(23)9-20(2,3)10-15(17)25-18(11)19(24)22-6-7-26-16-5-4-12(21)8-13(16)22/h4-5,8H,6-7,9-10H2,1-3H3. The van der Waals surface area contributed by atoms with Gasteiger partial charge in [0.25, 0.3) is 5.91 Å². The van der Waals surface area contributed by atoms with E-state index in [9.17, 15) is 9.59 Å². The lowest BCUT2D eigenvalue weighted by atomic mass is 9.76. The predicted octanol–water partition coefficient (Wildman–Crippen LogP) is 5.15. The molecule has 1 aromatic heterocycles. The number of thioether (sulfide) groups is 1. The summed E-state index contributed by atoms with van der Waals surface area (Å²) in [7, 11) is 0. The van der Waals surface area contributed by atoms with Gasteiger partial charge in [-0.2, -0.15) is 0 Å². The molecule has 2 aromatic rings. The van der Waals surface area contributed by atoms with Gasteiger partial charge in [-0.25, -0.2) is 0 Å². The van der Waals surface area contributed by atoms with E-state index in [2.05, 4.69) is 0 Å². The number of hydrogen-bond donors (Lipinski definition) is 0. The van der Waals surface area contributed by atoms with Gasteiger partial charge in [-0.15, -0.1) is 11.8 Å². The molecule has 0 bridgehead atoms. The summed E-state index contributed by atoms with van der Waals surface area (Å²) in [6.07, 6.45) is 1.15. The van der Waals surface area contributed by atoms with E-state index in [0.717, 1.165) is 16.3 Å². The van der Waals surface area contributed by atoms with E-state index in [0.29, 0.717) is 41.3 Å². The molecule has 2 aliphatic rings. The highest BCUT2D eigenvalue weighted by Crippen LogP contribution is 2.41. The van der Waals surface area contributed by atoms with Crippen molar-refractivity contribution in [2.24, 2.45) is 5.41 Å². The van der Waals surface area contributed by atoms with Crippen molar-refractivity contribution in [2.75, 3.05) is 17.2 Å². The Labute approximate surface area is 161 Å². The molecule has 0 N–H and O–H groups in total. The van der Waals surface area contributed by atoms with Crippen LogP contribution in [0.15, 0.2) is 27.5 Å². The Morgan fingerprint density at radius 1 is 1.31 bits per heavy atom. The Bertz CT molecular complexity index is 931. The number of fused-ring (bicyclic) bond motifs is 2. The highest BCUT2D eigenvalue weighted by Gasteiger charge is 2.38. The molecule has 136 valence electrons. The van der Waals surface area contributed by atoms with E-state index in [1.165, 1.54) is 0 Å². The number of amides is 1. The van der Waals surface area contributed by atoms with Crippen LogP contribution in [0.4, 0.5) is 5.69 Å². The maximum Gasteiger partial charge on any atom is 0.294 e. The average molecular weight is 390 g/mol. The van der Waals surface area contributed by atoms with Gasteiger partial charge < -0.3 is 9.32 Å². The van der Waals surface area contributed by atoms with E-state index in [1.807, 2.05) is 39.0 Å². The fraction of sp³-hybridized carbons (Fsp3) is 0.400. The molecule has 0 fully saturated rings. The number of anilines is 1. The van der Waals surface area contributed by atoms with Gasteiger partial charge >= 0.3 is 0 Å². The molecule has 1 amide bonds. The smallest absolute Gasteiger partial charge is 0.294 e. The number of ketones is 1. The molecule has 6 heteroatoms. The normalized spacial score (nSPS) is 18.5. The molecule has 26 heavy (non-hydrogen) atoms. The number of carbonyl (C=O) groups is 2. The molecule has 0 unspecified atom stereocenters. The van der Waals surface area contributed by atoms with Crippen LogP contribution in [0.1, 0.15) is 52.5 Å². The molecule has 0 saturated carbocycles. The lowest BCUT2D eigenvalue weighted by Crippen LogP contribution is -2.35. The predicted molar refractivity (Wildman–Crippen MR) is 104 cm³/mol. The summed E-state index contributed by atoms with van der Waals surface area (Å²) in [5, 5.41) is 0.594. The van der Waals surface area contributed by atoms with Crippen LogP contribution in [0.25, 0.3) is 0 Å². The molecule has 1 aliphatic carbocycles. The third-order valence-corrected chi connectivity index (χ3v) is 6.28. The van der Waals surface area contributed by atoms with Crippen LogP contribution in [0, 0.1) is 12.3 Å². The molecule has 4 rings (SSSR count). The van der Waals surface area contributed by atoms with Crippen LogP contribution in [0.3, 0.4) is 0 Å². The number of hydrogen-bond acceptors (Lipinski definition) is 4. The second-order valence-corrected chi connectivity index (χ2v) is 9.29. The molecular weight excluding hydrogens is 370 g/mol. The van der Waals surface area contributed by atoms with Gasteiger partial charge in [0.05, 0.1) is 11.3 Å². The minimum atomic E-state index is -0.202. The average Bonchev–Trinajstić information content (AvgIpc) is 2.89. The van der Waals surface area contributed by atoms with E-state index < -0.39 is 0 Å². The second kappa shape index (κ2) is 6.17. The first-order valence-corrected chi connectivity index (χ1v) is 10.0. The van der Waals surface area contributed by atoms with Crippen molar-refractivity contribution in [1.82, 2.24) is 0 Å². The fourth-order valence-electron chi connectivity index (χ4n) is 3.81. The van der Waals surface area contributed by atoms with Gasteiger partial charge in [-0.05, 0) is 30.5 Å². The number of Topliss-reactive ketones (excluding diaryl/α,β-unsaturated/α-hetero) is 1. The summed E-state index contributed by atoms with van der Waals surface area (Å²) in [4.78, 5) is 28.6. The van der Waals surface area contributed by atoms with Crippen LogP contribution in [-0.2, 0) is 6.42 Å². The number of halogens is 1. The maximum atomic E-state index is 13.2. The summed E-state index contributed by atoms with van der Waals surface area (Å²) < 4.78 is 5.95. The first-order valence-electron chi connectivity index (χ1n) is 8.66. The number of furan rings is 1. The van der Waals surface area contributed by atoms with Crippen molar-refractivity contribution in [3.63, 3.8) is 0 Å². The van der Waals surface area contributed by atoms with Gasteiger partial charge in [-0.3, -0.25) is 9.59 Å². The van der Waals surface area contributed by atoms with Crippen LogP contribution >= 0.6 is 23.4 Å². The van der Waals surface area contributed by atoms with E-state index in [4.69, 9.17) is 16.0 Å². The Morgan fingerprint density at radius 2 is 2.08 bits per heavy atom. The summed E-state index contributed by atoms with van der Waals surface area (Å²) in [5.74, 6) is 1.59. The maximum absolute atomic E-state index is 13.2. The van der Waals surface area contributed by atoms with Gasteiger partial charge in [0, 0.05) is 40.6 Å². The van der Waals surface area contributed by atoms with Gasteiger partial charge in [0.2, 0.25) is 0 Å². The Balaban J connectivity index is 1.76. The first kappa shape index (κ1) is 17.7. The largest absolute Gasteiger partial charge is 0.455 e. The molecule has 0 atom stereocenters. The zero-order valence-corrected chi connectivity index (χ0v) is 16.6. The van der Waals surface area contributed by atoms with Crippen molar-refractivity contribution >= 4 is 40.7 Å². The lowest BCUT2D eigenvalue weighted by Gasteiger charge is -2.28. The Hall–Kier alpha value is -1.72. The number of rotatable bonds is 1. The Morgan fingerprint density at radius 3 is 2.85 bits per heavy atom. The zero-order valence-electron chi connectivity index (χ0n) is 15.0. The topological polar surface area (TPSA) is 50.5 Å². The molecule has 4 nitrogen and oxygen atoms in total. The third-order valence-electron chi connectivity index (χ3n) is 5.00. The molecule has 0 saturated heterocycles. The van der Waals surface area contributed by atoms with Crippen LogP contribution in [-0.4, -0.2) is 24.0 Å². The first-order chi connectivity index (χ1) is 12.3. The minimum Gasteiger partial charge on any atom is -0.455 e. The molecule has 1 aliphatic heterocycles. The fourth-order valence-corrected chi connectivity index (χ4v) is 4.95. The van der Waals surface area contributed by atoms with Crippen molar-refractivity contribution in [2.45, 2.75) is 38.5 Å². The van der Waals surface area contributed by atoms with Crippen LogP contribution < -0.4 is 4.90 Å². The third kappa shape index (κ3) is 2.87. The quantitative estimate of drug-likeness (QED) is 0.676. The lowest BCUT2D eigenvalue weighted by molar-refractivity contribution is 0.0896. The van der Waals surface area contributed by atoms with E-state index >= 15 is 0 Å². The number of benzene rings is 1. The van der Waals surface area contributed by atoms with Crippen LogP contribution in [0.5, 0.6) is 0 Å². The van der Waals surface area contributed by atoms with Crippen LogP contribution in [0.2, 0.25) is 5.02 Å². The monoisotopic (exact) mass is 389 g/mol. The Kier molecular flexibility index (Phi) is 4.20. The molecule has 0 radical (unpaired) electrons. The highest BCUT2D eigenvalue weighted by atomic mass is 35.5. The molecular formula is C20H20ClNO3S. The second-order valence-electron chi connectivity index (χ2n) is 7.71. The molecule has 1 aromatic carbocycles. The summed E-state index contributed by atoms with van der Waals surface area (Å²) >= 11 is 7.85. The highest BCUT2D eigenvalue weighted by molar-refractivity contribution is 7.99. The summed E-state index contributed by atoms with van der Waals surface area (Å²) in [6.45, 7) is 6.49. The van der Waals surface area contributed by atoms with Gasteiger partial charge in [0.1, 0.15) is 5.76 Å². The van der Waals surface area contributed by atoms with Crippen molar-refractivity contribution in [1.29, 1.82) is 0 Å². The van der Waals surface area contributed by atoms with Crippen molar-refractivity contribution in [3.8, 4) is 0 Å². The zero-order chi connectivity index (χ0) is 18.6. The van der Waals surface area contributed by atoms with E-state index in [-0.39, 0.29) is 22.9 Å². The number of carbonyl (C=O) groups excluding carboxylic acids is 2. The molecule has 2 heterocycles. The summed E-state index contributed by atoms with van der Waals surface area (Å²) in [6, 6.07) is 5.58. The van der Waals surface area contributed by atoms with Crippen molar-refractivity contribution < 1.29 is 14.0 Å².